The van der Waals surface area contributed by atoms with Gasteiger partial charge in [0.05, 0.1) is 27.4 Å². The molecule has 2 heterocycles. The van der Waals surface area contributed by atoms with E-state index >= 15 is 0 Å². The number of aliphatic hydroxyl groups is 1. The van der Waals surface area contributed by atoms with Crippen molar-refractivity contribution in [1.29, 1.82) is 0 Å². The molecule has 6 heteroatoms. The van der Waals surface area contributed by atoms with E-state index in [-0.39, 0.29) is 6.10 Å². The van der Waals surface area contributed by atoms with Gasteiger partial charge in [0, 0.05) is 49.9 Å². The maximum Gasteiger partial charge on any atom is 0.164 e. The molecule has 0 saturated carbocycles. The summed E-state index contributed by atoms with van der Waals surface area (Å²) < 4.78 is 16.4. The SMILES string of the molecule is COc1cc(OC)c(OC)cc1CN1C[C@H]2C[C@@H](O)CN2C[C@H]1C. The molecule has 134 valence electrons. The van der Waals surface area contributed by atoms with Gasteiger partial charge < -0.3 is 19.3 Å². The summed E-state index contributed by atoms with van der Waals surface area (Å²) in [6, 6.07) is 4.76. The summed E-state index contributed by atoms with van der Waals surface area (Å²) in [5.74, 6) is 2.21. The number of rotatable bonds is 5. The first-order valence-corrected chi connectivity index (χ1v) is 8.50. The van der Waals surface area contributed by atoms with Crippen molar-refractivity contribution in [2.45, 2.75) is 38.1 Å². The molecular formula is C18H28N2O4. The summed E-state index contributed by atoms with van der Waals surface area (Å²) in [5.41, 5.74) is 1.09. The maximum absolute atomic E-state index is 9.92. The van der Waals surface area contributed by atoms with E-state index in [1.165, 1.54) is 0 Å². The van der Waals surface area contributed by atoms with Crippen molar-refractivity contribution < 1.29 is 19.3 Å². The molecule has 2 aliphatic heterocycles. The molecule has 0 aliphatic carbocycles. The molecule has 2 aliphatic rings. The summed E-state index contributed by atoms with van der Waals surface area (Å²) >= 11 is 0. The molecule has 0 radical (unpaired) electrons. The molecule has 3 rings (SSSR count). The van der Waals surface area contributed by atoms with Crippen LogP contribution in [0.3, 0.4) is 0 Å². The molecular weight excluding hydrogens is 308 g/mol. The summed E-state index contributed by atoms with van der Waals surface area (Å²) in [4.78, 5) is 4.88. The molecule has 1 aromatic rings. The summed E-state index contributed by atoms with van der Waals surface area (Å²) in [6.07, 6.45) is 0.685. The van der Waals surface area contributed by atoms with Crippen molar-refractivity contribution in [3.05, 3.63) is 17.7 Å². The number of methoxy groups -OCH3 is 3. The predicted octanol–water partition coefficient (Wildman–Crippen LogP) is 1.35. The highest BCUT2D eigenvalue weighted by Crippen LogP contribution is 2.36. The molecule has 6 nitrogen and oxygen atoms in total. The van der Waals surface area contributed by atoms with Crippen LogP contribution in [0.25, 0.3) is 0 Å². The van der Waals surface area contributed by atoms with Crippen LogP contribution in [0, 0.1) is 0 Å². The second-order valence-electron chi connectivity index (χ2n) is 6.79. The minimum atomic E-state index is -0.183. The van der Waals surface area contributed by atoms with Crippen molar-refractivity contribution in [3.8, 4) is 17.2 Å². The molecule has 0 amide bonds. The average molecular weight is 336 g/mol. The molecule has 0 bridgehead atoms. The standard InChI is InChI=1S/C18H28N2O4/c1-12-8-20-11-15(21)6-14(20)10-19(12)9-13-5-17(23-3)18(24-4)7-16(13)22-2/h5,7,12,14-15,21H,6,8-11H2,1-4H3/t12-,14-,15-/m1/s1. The van der Waals surface area contributed by atoms with E-state index in [0.717, 1.165) is 49.7 Å². The Hall–Kier alpha value is -1.50. The number of nitrogens with zero attached hydrogens (tertiary/aromatic N) is 2. The van der Waals surface area contributed by atoms with Crippen LogP contribution in [-0.2, 0) is 6.54 Å². The Balaban J connectivity index is 1.79. The fourth-order valence-electron chi connectivity index (χ4n) is 3.93. The maximum atomic E-state index is 9.92. The van der Waals surface area contributed by atoms with Gasteiger partial charge in [-0.1, -0.05) is 0 Å². The van der Waals surface area contributed by atoms with Gasteiger partial charge in [0.1, 0.15) is 5.75 Å². The van der Waals surface area contributed by atoms with Crippen LogP contribution in [0.1, 0.15) is 18.9 Å². The van der Waals surface area contributed by atoms with E-state index in [4.69, 9.17) is 14.2 Å². The minimum Gasteiger partial charge on any atom is -0.496 e. The Morgan fingerprint density at radius 3 is 2.33 bits per heavy atom. The van der Waals surface area contributed by atoms with E-state index in [0.29, 0.717) is 17.8 Å². The van der Waals surface area contributed by atoms with Crippen LogP contribution in [0.15, 0.2) is 12.1 Å². The van der Waals surface area contributed by atoms with Crippen molar-refractivity contribution in [3.63, 3.8) is 0 Å². The molecule has 2 saturated heterocycles. The zero-order valence-electron chi connectivity index (χ0n) is 15.0. The van der Waals surface area contributed by atoms with Gasteiger partial charge >= 0.3 is 0 Å². The number of hydrogen-bond donors (Lipinski definition) is 1. The van der Waals surface area contributed by atoms with Crippen LogP contribution < -0.4 is 14.2 Å². The van der Waals surface area contributed by atoms with E-state index in [1.807, 2.05) is 12.1 Å². The van der Waals surface area contributed by atoms with Gasteiger partial charge in [-0.25, -0.2) is 0 Å². The fraction of sp³-hybridized carbons (Fsp3) is 0.667. The topological polar surface area (TPSA) is 54.4 Å². The van der Waals surface area contributed by atoms with Gasteiger partial charge in [-0.15, -0.1) is 0 Å². The van der Waals surface area contributed by atoms with E-state index in [9.17, 15) is 5.11 Å². The third-order valence-corrected chi connectivity index (χ3v) is 5.23. The zero-order valence-corrected chi connectivity index (χ0v) is 15.0. The molecule has 0 aromatic heterocycles. The zero-order chi connectivity index (χ0) is 17.3. The lowest BCUT2D eigenvalue weighted by atomic mass is 10.1. The lowest BCUT2D eigenvalue weighted by Crippen LogP contribution is -2.54. The number of ether oxygens (including phenoxy) is 3. The van der Waals surface area contributed by atoms with Crippen LogP contribution >= 0.6 is 0 Å². The van der Waals surface area contributed by atoms with Crippen molar-refractivity contribution in [1.82, 2.24) is 9.80 Å². The van der Waals surface area contributed by atoms with Crippen LogP contribution in [-0.4, -0.2) is 74.1 Å². The van der Waals surface area contributed by atoms with Crippen LogP contribution in [0.5, 0.6) is 17.2 Å². The highest BCUT2D eigenvalue weighted by atomic mass is 16.5. The fourth-order valence-corrected chi connectivity index (χ4v) is 3.93. The van der Waals surface area contributed by atoms with Crippen molar-refractivity contribution in [2.75, 3.05) is 41.0 Å². The molecule has 0 unspecified atom stereocenters. The number of piperazine rings is 1. The Bertz CT molecular complexity index is 580. The van der Waals surface area contributed by atoms with Crippen LogP contribution in [0.2, 0.25) is 0 Å². The minimum absolute atomic E-state index is 0.183. The quantitative estimate of drug-likeness (QED) is 0.876. The largest absolute Gasteiger partial charge is 0.496 e. The van der Waals surface area contributed by atoms with Gasteiger partial charge in [-0.2, -0.15) is 0 Å². The molecule has 24 heavy (non-hydrogen) atoms. The van der Waals surface area contributed by atoms with Crippen LogP contribution in [0.4, 0.5) is 0 Å². The molecule has 2 fully saturated rings. The lowest BCUT2D eigenvalue weighted by Gasteiger charge is -2.42. The Morgan fingerprint density at radius 2 is 1.67 bits per heavy atom. The second-order valence-corrected chi connectivity index (χ2v) is 6.79. The first kappa shape index (κ1) is 17.3. The van der Waals surface area contributed by atoms with Gasteiger partial charge in [-0.05, 0) is 19.4 Å². The molecule has 1 N–H and O–H groups in total. The molecule has 3 atom stereocenters. The third-order valence-electron chi connectivity index (χ3n) is 5.23. The first-order valence-electron chi connectivity index (χ1n) is 8.50. The van der Waals surface area contributed by atoms with E-state index in [1.54, 1.807) is 21.3 Å². The normalized spacial score (nSPS) is 27.8. The number of aliphatic hydroxyl groups excluding tert-OH is 1. The van der Waals surface area contributed by atoms with Gasteiger partial charge in [0.2, 0.25) is 0 Å². The Morgan fingerprint density at radius 1 is 1.00 bits per heavy atom. The highest BCUT2D eigenvalue weighted by Gasteiger charge is 2.38. The lowest BCUT2D eigenvalue weighted by molar-refractivity contribution is 0.0523. The summed E-state index contributed by atoms with van der Waals surface area (Å²) in [6.45, 7) is 5.81. The predicted molar refractivity (Wildman–Crippen MR) is 92.0 cm³/mol. The molecule has 0 spiro atoms. The first-order chi connectivity index (χ1) is 11.5. The highest BCUT2D eigenvalue weighted by molar-refractivity contribution is 5.50. The van der Waals surface area contributed by atoms with Gasteiger partial charge in [0.15, 0.2) is 11.5 Å². The van der Waals surface area contributed by atoms with Gasteiger partial charge in [-0.3, -0.25) is 9.80 Å². The Labute approximate surface area is 143 Å². The summed E-state index contributed by atoms with van der Waals surface area (Å²) in [7, 11) is 4.96. The summed E-state index contributed by atoms with van der Waals surface area (Å²) in [5, 5.41) is 9.92. The smallest absolute Gasteiger partial charge is 0.164 e. The number of fused-ring (bicyclic) bond motifs is 1. The van der Waals surface area contributed by atoms with E-state index < -0.39 is 0 Å². The monoisotopic (exact) mass is 336 g/mol. The number of hydrogen-bond acceptors (Lipinski definition) is 6. The third kappa shape index (κ3) is 3.31. The van der Waals surface area contributed by atoms with Crippen molar-refractivity contribution >= 4 is 0 Å². The Kier molecular flexibility index (Phi) is 5.18. The van der Waals surface area contributed by atoms with Crippen molar-refractivity contribution in [2.24, 2.45) is 0 Å². The molecule has 1 aromatic carbocycles. The number of benzene rings is 1. The second kappa shape index (κ2) is 7.17. The average Bonchev–Trinajstić information content (AvgIpc) is 2.93. The van der Waals surface area contributed by atoms with E-state index in [2.05, 4.69) is 16.7 Å². The van der Waals surface area contributed by atoms with Gasteiger partial charge in [0.25, 0.3) is 0 Å².